The van der Waals surface area contributed by atoms with Crippen molar-refractivity contribution < 1.29 is 4.79 Å². The molecule has 0 radical (unpaired) electrons. The highest BCUT2D eigenvalue weighted by atomic mass is 16.1. The molecule has 0 aliphatic heterocycles. The van der Waals surface area contributed by atoms with Gasteiger partial charge < -0.3 is 10.6 Å². The molecule has 0 bridgehead atoms. The van der Waals surface area contributed by atoms with E-state index < -0.39 is 0 Å². The number of aryl methyl sites for hydroxylation is 2. The van der Waals surface area contributed by atoms with Crippen LogP contribution in [-0.2, 0) is 12.8 Å². The molecule has 0 spiro atoms. The molecule has 0 saturated heterocycles. The molecule has 0 atom stereocenters. The zero-order chi connectivity index (χ0) is 18.9. The first kappa shape index (κ1) is 18.6. The number of hydrogen-bond acceptors (Lipinski definition) is 4. The van der Waals surface area contributed by atoms with Gasteiger partial charge in [0.15, 0.2) is 0 Å². The highest BCUT2D eigenvalue weighted by Crippen LogP contribution is 2.16. The van der Waals surface area contributed by atoms with Gasteiger partial charge in [-0.1, -0.05) is 55.5 Å². The second kappa shape index (κ2) is 9.48. The Kier molecular flexibility index (Phi) is 6.52. The van der Waals surface area contributed by atoms with Crippen molar-refractivity contribution >= 4 is 17.5 Å². The molecule has 1 aromatic heterocycles. The van der Waals surface area contributed by atoms with E-state index in [0.29, 0.717) is 11.6 Å². The van der Waals surface area contributed by atoms with Gasteiger partial charge in [0, 0.05) is 18.4 Å². The SMILES string of the molecule is CCc1ccccc1NC(=O)c1ccnc(NCCCc2ccccc2)n1. The van der Waals surface area contributed by atoms with Gasteiger partial charge in [-0.3, -0.25) is 4.79 Å². The van der Waals surface area contributed by atoms with E-state index in [1.165, 1.54) is 5.56 Å². The minimum Gasteiger partial charge on any atom is -0.354 e. The van der Waals surface area contributed by atoms with Gasteiger partial charge in [-0.05, 0) is 42.5 Å². The fourth-order valence-corrected chi connectivity index (χ4v) is 2.84. The number of amides is 1. The van der Waals surface area contributed by atoms with Crippen LogP contribution in [0.5, 0.6) is 0 Å². The number of nitrogens with zero attached hydrogens (tertiary/aromatic N) is 2. The van der Waals surface area contributed by atoms with Gasteiger partial charge in [-0.2, -0.15) is 0 Å². The van der Waals surface area contributed by atoms with E-state index in [4.69, 9.17) is 0 Å². The van der Waals surface area contributed by atoms with Crippen LogP contribution in [0.2, 0.25) is 0 Å². The summed E-state index contributed by atoms with van der Waals surface area (Å²) in [6.45, 7) is 2.81. The predicted molar refractivity (Wildman–Crippen MR) is 109 cm³/mol. The minimum atomic E-state index is -0.231. The quantitative estimate of drug-likeness (QED) is 0.587. The predicted octanol–water partition coefficient (Wildman–Crippen LogP) is 4.34. The molecule has 0 unspecified atom stereocenters. The molecule has 5 heteroatoms. The topological polar surface area (TPSA) is 66.9 Å². The van der Waals surface area contributed by atoms with E-state index in [0.717, 1.165) is 37.1 Å². The van der Waals surface area contributed by atoms with Gasteiger partial charge in [-0.25, -0.2) is 9.97 Å². The molecule has 0 aliphatic rings. The van der Waals surface area contributed by atoms with Crippen LogP contribution in [0.1, 0.15) is 35.0 Å². The number of benzene rings is 2. The Balaban J connectivity index is 1.55. The molecule has 1 amide bonds. The highest BCUT2D eigenvalue weighted by molar-refractivity contribution is 6.03. The maximum atomic E-state index is 12.5. The number of hydrogen-bond donors (Lipinski definition) is 2. The van der Waals surface area contributed by atoms with Crippen LogP contribution in [0.4, 0.5) is 11.6 Å². The van der Waals surface area contributed by atoms with E-state index in [2.05, 4.69) is 39.7 Å². The molecular weight excluding hydrogens is 336 g/mol. The largest absolute Gasteiger partial charge is 0.354 e. The Morgan fingerprint density at radius 1 is 1.00 bits per heavy atom. The summed E-state index contributed by atoms with van der Waals surface area (Å²) in [5.74, 6) is 0.241. The second-order valence-electron chi connectivity index (χ2n) is 6.25. The lowest BCUT2D eigenvalue weighted by Gasteiger charge is -2.10. The summed E-state index contributed by atoms with van der Waals surface area (Å²) in [6.07, 6.45) is 4.41. The van der Waals surface area contributed by atoms with Crippen LogP contribution in [0.3, 0.4) is 0 Å². The number of aromatic nitrogens is 2. The normalized spacial score (nSPS) is 10.4. The van der Waals surface area contributed by atoms with Gasteiger partial charge in [0.05, 0.1) is 0 Å². The zero-order valence-corrected chi connectivity index (χ0v) is 15.5. The van der Waals surface area contributed by atoms with E-state index in [1.807, 2.05) is 42.5 Å². The van der Waals surface area contributed by atoms with E-state index in [-0.39, 0.29) is 5.91 Å². The van der Waals surface area contributed by atoms with Crippen molar-refractivity contribution in [2.24, 2.45) is 0 Å². The molecule has 138 valence electrons. The summed E-state index contributed by atoms with van der Waals surface area (Å²) in [7, 11) is 0. The molecule has 0 fully saturated rings. The molecular formula is C22H24N4O. The third kappa shape index (κ3) is 5.38. The Morgan fingerprint density at radius 2 is 1.78 bits per heavy atom. The molecule has 27 heavy (non-hydrogen) atoms. The number of rotatable bonds is 8. The van der Waals surface area contributed by atoms with Crippen LogP contribution in [-0.4, -0.2) is 22.4 Å². The van der Waals surface area contributed by atoms with Gasteiger partial charge in [0.25, 0.3) is 5.91 Å². The van der Waals surface area contributed by atoms with Crippen LogP contribution < -0.4 is 10.6 Å². The monoisotopic (exact) mass is 360 g/mol. The first-order valence-corrected chi connectivity index (χ1v) is 9.26. The lowest BCUT2D eigenvalue weighted by Crippen LogP contribution is -2.16. The lowest BCUT2D eigenvalue weighted by molar-refractivity contribution is 0.102. The summed E-state index contributed by atoms with van der Waals surface area (Å²) in [6, 6.07) is 19.8. The standard InChI is InChI=1S/C22H24N4O/c1-2-18-12-6-7-13-19(18)25-21(27)20-14-16-24-22(26-20)23-15-8-11-17-9-4-3-5-10-17/h3-7,9-10,12-14,16H,2,8,11,15H2,1H3,(H,25,27)(H,23,24,26). The van der Waals surface area contributed by atoms with Gasteiger partial charge in [0.2, 0.25) is 5.95 Å². The van der Waals surface area contributed by atoms with Crippen molar-refractivity contribution in [2.75, 3.05) is 17.2 Å². The smallest absolute Gasteiger partial charge is 0.274 e. The first-order valence-electron chi connectivity index (χ1n) is 9.26. The molecule has 3 aromatic rings. The Morgan fingerprint density at radius 3 is 2.59 bits per heavy atom. The number of anilines is 2. The Bertz CT molecular complexity index is 880. The average Bonchev–Trinajstić information content (AvgIpc) is 2.72. The Labute approximate surface area is 159 Å². The number of nitrogens with one attached hydrogen (secondary N) is 2. The third-order valence-corrected chi connectivity index (χ3v) is 4.30. The van der Waals surface area contributed by atoms with E-state index in [1.54, 1.807) is 12.3 Å². The average molecular weight is 360 g/mol. The van der Waals surface area contributed by atoms with Crippen LogP contribution in [0, 0.1) is 0 Å². The van der Waals surface area contributed by atoms with Crippen molar-refractivity contribution in [1.82, 2.24) is 9.97 Å². The van der Waals surface area contributed by atoms with E-state index >= 15 is 0 Å². The number of carbonyl (C=O) groups excluding carboxylic acids is 1. The third-order valence-electron chi connectivity index (χ3n) is 4.30. The molecule has 0 saturated carbocycles. The van der Waals surface area contributed by atoms with E-state index in [9.17, 15) is 4.79 Å². The zero-order valence-electron chi connectivity index (χ0n) is 15.5. The maximum absolute atomic E-state index is 12.5. The molecule has 2 aromatic carbocycles. The summed E-state index contributed by atoms with van der Waals surface area (Å²) in [4.78, 5) is 21.1. The first-order chi connectivity index (χ1) is 13.3. The summed E-state index contributed by atoms with van der Waals surface area (Å²) in [5.41, 5.74) is 3.57. The molecule has 3 rings (SSSR count). The van der Waals surface area contributed by atoms with Crippen LogP contribution in [0.25, 0.3) is 0 Å². The van der Waals surface area contributed by atoms with Crippen LogP contribution in [0.15, 0.2) is 66.9 Å². The van der Waals surface area contributed by atoms with Crippen molar-refractivity contribution in [3.8, 4) is 0 Å². The summed E-state index contributed by atoms with van der Waals surface area (Å²) in [5, 5.41) is 6.13. The molecule has 0 aliphatic carbocycles. The second-order valence-corrected chi connectivity index (χ2v) is 6.25. The van der Waals surface area contributed by atoms with Crippen molar-refractivity contribution in [3.05, 3.63) is 83.7 Å². The maximum Gasteiger partial charge on any atom is 0.274 e. The van der Waals surface area contributed by atoms with Gasteiger partial charge >= 0.3 is 0 Å². The van der Waals surface area contributed by atoms with Crippen molar-refractivity contribution in [2.45, 2.75) is 26.2 Å². The van der Waals surface area contributed by atoms with Crippen LogP contribution >= 0.6 is 0 Å². The van der Waals surface area contributed by atoms with Gasteiger partial charge in [-0.15, -0.1) is 0 Å². The highest BCUT2D eigenvalue weighted by Gasteiger charge is 2.11. The minimum absolute atomic E-state index is 0.231. The summed E-state index contributed by atoms with van der Waals surface area (Å²) >= 11 is 0. The van der Waals surface area contributed by atoms with Crippen molar-refractivity contribution in [1.29, 1.82) is 0 Å². The number of carbonyl (C=O) groups is 1. The fraction of sp³-hybridized carbons (Fsp3) is 0.227. The number of para-hydroxylation sites is 1. The fourth-order valence-electron chi connectivity index (χ4n) is 2.84. The Hall–Kier alpha value is -3.21. The summed E-state index contributed by atoms with van der Waals surface area (Å²) < 4.78 is 0. The van der Waals surface area contributed by atoms with Crippen molar-refractivity contribution in [3.63, 3.8) is 0 Å². The molecule has 5 nitrogen and oxygen atoms in total. The lowest BCUT2D eigenvalue weighted by atomic mass is 10.1. The molecule has 2 N–H and O–H groups in total. The van der Waals surface area contributed by atoms with Gasteiger partial charge in [0.1, 0.15) is 5.69 Å². The molecule has 1 heterocycles.